The van der Waals surface area contributed by atoms with Crippen LogP contribution < -0.4 is 14.4 Å². The number of benzene rings is 2. The van der Waals surface area contributed by atoms with E-state index in [1.54, 1.807) is 31.5 Å². The van der Waals surface area contributed by atoms with Gasteiger partial charge in [-0.2, -0.15) is 4.98 Å². The zero-order valence-electron chi connectivity index (χ0n) is 15.0. The fraction of sp³-hybridized carbons (Fsp3) is 0.238. The topological polar surface area (TPSA) is 47.5 Å². The van der Waals surface area contributed by atoms with Crippen molar-refractivity contribution in [1.82, 2.24) is 9.97 Å². The quantitative estimate of drug-likeness (QED) is 0.670. The zero-order chi connectivity index (χ0) is 18.6. The monoisotopic (exact) mass is 365 g/mol. The van der Waals surface area contributed by atoms with Crippen molar-refractivity contribution >= 4 is 5.95 Å². The molecule has 4 rings (SSSR count). The minimum absolute atomic E-state index is 0.301. The van der Waals surface area contributed by atoms with Gasteiger partial charge < -0.3 is 14.4 Å². The van der Waals surface area contributed by atoms with Gasteiger partial charge in [0.15, 0.2) is 0 Å². The molecule has 0 amide bonds. The molecule has 1 aliphatic heterocycles. The molecule has 0 spiro atoms. The zero-order valence-corrected chi connectivity index (χ0v) is 15.0. The number of anilines is 1. The molecule has 0 N–H and O–H groups in total. The highest BCUT2D eigenvalue weighted by Crippen LogP contribution is 2.34. The third-order valence-electron chi connectivity index (χ3n) is 4.70. The van der Waals surface area contributed by atoms with Crippen molar-refractivity contribution in [1.29, 1.82) is 0 Å². The minimum Gasteiger partial charge on any atom is -0.496 e. The molecular formula is C21H20FN3O2. The van der Waals surface area contributed by atoms with Crippen LogP contribution in [0.5, 0.6) is 17.4 Å². The first-order valence-corrected chi connectivity index (χ1v) is 8.87. The first-order valence-electron chi connectivity index (χ1n) is 8.87. The summed E-state index contributed by atoms with van der Waals surface area (Å²) >= 11 is 0. The van der Waals surface area contributed by atoms with Gasteiger partial charge >= 0.3 is 0 Å². The van der Waals surface area contributed by atoms with Crippen LogP contribution in [0.4, 0.5) is 10.3 Å². The van der Waals surface area contributed by atoms with Gasteiger partial charge in [-0.1, -0.05) is 18.2 Å². The molecule has 1 aliphatic rings. The molecular weight excluding hydrogens is 345 g/mol. The van der Waals surface area contributed by atoms with Gasteiger partial charge in [0.2, 0.25) is 11.8 Å². The Morgan fingerprint density at radius 2 is 1.89 bits per heavy atom. The summed E-state index contributed by atoms with van der Waals surface area (Å²) in [5.74, 6) is 2.59. The number of methoxy groups -OCH3 is 1. The Balaban J connectivity index is 1.49. The second kappa shape index (κ2) is 7.61. The number of aromatic nitrogens is 2. The van der Waals surface area contributed by atoms with Gasteiger partial charge in [0.25, 0.3) is 0 Å². The molecule has 3 aromatic rings. The second-order valence-corrected chi connectivity index (χ2v) is 6.42. The lowest BCUT2D eigenvalue weighted by Gasteiger charge is -2.18. The maximum absolute atomic E-state index is 13.0. The summed E-state index contributed by atoms with van der Waals surface area (Å²) in [7, 11) is 1.70. The van der Waals surface area contributed by atoms with Crippen LogP contribution in [0.3, 0.4) is 0 Å². The summed E-state index contributed by atoms with van der Waals surface area (Å²) in [6.45, 7) is 1.68. The summed E-state index contributed by atoms with van der Waals surface area (Å²) in [4.78, 5) is 11.0. The highest BCUT2D eigenvalue weighted by atomic mass is 19.1. The molecule has 2 heterocycles. The number of halogens is 1. The van der Waals surface area contributed by atoms with Crippen LogP contribution in [0, 0.1) is 5.82 Å². The van der Waals surface area contributed by atoms with Gasteiger partial charge in [-0.05, 0) is 42.3 Å². The molecule has 1 unspecified atom stereocenters. The number of hydrogen-bond acceptors (Lipinski definition) is 5. The normalized spacial score (nSPS) is 16.4. The number of hydrogen-bond donors (Lipinski definition) is 0. The predicted octanol–water partition coefficient (Wildman–Crippen LogP) is 4.41. The maximum atomic E-state index is 13.0. The molecule has 6 heteroatoms. The van der Waals surface area contributed by atoms with Crippen molar-refractivity contribution in [3.63, 3.8) is 0 Å². The smallest absolute Gasteiger partial charge is 0.228 e. The molecule has 5 nitrogen and oxygen atoms in total. The second-order valence-electron chi connectivity index (χ2n) is 6.42. The minimum atomic E-state index is -0.301. The number of para-hydroxylation sites is 1. The van der Waals surface area contributed by atoms with E-state index in [2.05, 4.69) is 20.9 Å². The summed E-state index contributed by atoms with van der Waals surface area (Å²) < 4.78 is 24.2. The Bertz CT molecular complexity index is 917. The van der Waals surface area contributed by atoms with Crippen LogP contribution in [-0.4, -0.2) is 30.2 Å². The molecule has 138 valence electrons. The van der Waals surface area contributed by atoms with E-state index >= 15 is 0 Å². The van der Waals surface area contributed by atoms with Gasteiger partial charge in [-0.3, -0.25) is 0 Å². The molecule has 1 saturated heterocycles. The van der Waals surface area contributed by atoms with Crippen LogP contribution in [0.1, 0.15) is 17.9 Å². The standard InChI is InChI=1S/C21H20FN3O2/c1-26-19-5-3-2-4-18(19)15-11-13-25(14-15)21-23-12-10-20(24-21)27-17-8-6-16(22)7-9-17/h2-10,12,15H,11,13-14H2,1H3. The lowest BCUT2D eigenvalue weighted by Crippen LogP contribution is -2.21. The average Bonchev–Trinajstić information content (AvgIpc) is 3.20. The molecule has 0 saturated carbocycles. The van der Waals surface area contributed by atoms with Crippen molar-refractivity contribution in [2.24, 2.45) is 0 Å². The van der Waals surface area contributed by atoms with Crippen LogP contribution >= 0.6 is 0 Å². The number of nitrogens with zero attached hydrogens (tertiary/aromatic N) is 3. The lowest BCUT2D eigenvalue weighted by atomic mass is 9.97. The summed E-state index contributed by atoms with van der Waals surface area (Å²) in [6, 6.07) is 15.7. The van der Waals surface area contributed by atoms with E-state index in [0.29, 0.717) is 23.5 Å². The molecule has 27 heavy (non-hydrogen) atoms. The van der Waals surface area contributed by atoms with Gasteiger partial charge in [0.05, 0.1) is 7.11 Å². The molecule has 1 fully saturated rings. The van der Waals surface area contributed by atoms with Gasteiger partial charge in [0.1, 0.15) is 17.3 Å². The Labute approximate surface area is 157 Å². The largest absolute Gasteiger partial charge is 0.496 e. The Kier molecular flexibility index (Phi) is 4.87. The highest BCUT2D eigenvalue weighted by molar-refractivity contribution is 5.42. The average molecular weight is 365 g/mol. The molecule has 2 aromatic carbocycles. The molecule has 1 atom stereocenters. The van der Waals surface area contributed by atoms with E-state index < -0.39 is 0 Å². The summed E-state index contributed by atoms with van der Waals surface area (Å²) in [6.07, 6.45) is 2.68. The number of ether oxygens (including phenoxy) is 2. The van der Waals surface area contributed by atoms with Crippen molar-refractivity contribution in [3.8, 4) is 17.4 Å². The molecule has 1 aromatic heterocycles. The maximum Gasteiger partial charge on any atom is 0.228 e. The SMILES string of the molecule is COc1ccccc1C1CCN(c2nccc(Oc3ccc(F)cc3)n2)C1. The lowest BCUT2D eigenvalue weighted by molar-refractivity contribution is 0.406. The first-order chi connectivity index (χ1) is 13.2. The Hall–Kier alpha value is -3.15. The third-order valence-corrected chi connectivity index (χ3v) is 4.70. The summed E-state index contributed by atoms with van der Waals surface area (Å²) in [5.41, 5.74) is 1.21. The predicted molar refractivity (Wildman–Crippen MR) is 101 cm³/mol. The van der Waals surface area contributed by atoms with Crippen molar-refractivity contribution in [3.05, 3.63) is 72.2 Å². The fourth-order valence-corrected chi connectivity index (χ4v) is 3.36. The van der Waals surface area contributed by atoms with Crippen LogP contribution in [0.15, 0.2) is 60.8 Å². The van der Waals surface area contributed by atoms with Gasteiger partial charge in [-0.25, -0.2) is 9.37 Å². The summed E-state index contributed by atoms with van der Waals surface area (Å²) in [5, 5.41) is 0. The van der Waals surface area contributed by atoms with Crippen molar-refractivity contribution in [2.75, 3.05) is 25.1 Å². The third kappa shape index (κ3) is 3.84. The highest BCUT2D eigenvalue weighted by Gasteiger charge is 2.27. The van der Waals surface area contributed by atoms with Crippen molar-refractivity contribution in [2.45, 2.75) is 12.3 Å². The molecule has 0 aliphatic carbocycles. The van der Waals surface area contributed by atoms with E-state index in [-0.39, 0.29) is 5.82 Å². The Morgan fingerprint density at radius 3 is 2.70 bits per heavy atom. The van der Waals surface area contributed by atoms with Crippen LogP contribution in [-0.2, 0) is 0 Å². The van der Waals surface area contributed by atoms with Crippen molar-refractivity contribution < 1.29 is 13.9 Å². The fourth-order valence-electron chi connectivity index (χ4n) is 3.36. The molecule has 0 radical (unpaired) electrons. The van der Waals surface area contributed by atoms with Gasteiger partial charge in [-0.15, -0.1) is 0 Å². The van der Waals surface area contributed by atoms with E-state index in [4.69, 9.17) is 9.47 Å². The first kappa shape index (κ1) is 17.3. The van der Waals surface area contributed by atoms with E-state index in [1.165, 1.54) is 17.7 Å². The van der Waals surface area contributed by atoms with Crippen LogP contribution in [0.2, 0.25) is 0 Å². The van der Waals surface area contributed by atoms with E-state index in [0.717, 1.165) is 25.3 Å². The van der Waals surface area contributed by atoms with Gasteiger partial charge in [0, 0.05) is 31.3 Å². The Morgan fingerprint density at radius 1 is 1.07 bits per heavy atom. The van der Waals surface area contributed by atoms with Crippen LogP contribution in [0.25, 0.3) is 0 Å². The molecule has 0 bridgehead atoms. The van der Waals surface area contributed by atoms with E-state index in [9.17, 15) is 4.39 Å². The van der Waals surface area contributed by atoms with E-state index in [1.807, 2.05) is 18.2 Å². The number of rotatable bonds is 5.